The van der Waals surface area contributed by atoms with Crippen molar-refractivity contribution in [1.82, 2.24) is 14.6 Å². The summed E-state index contributed by atoms with van der Waals surface area (Å²) >= 11 is 2.68. The fourth-order valence-electron chi connectivity index (χ4n) is 1.68. The van der Waals surface area contributed by atoms with E-state index < -0.39 is 16.0 Å². The van der Waals surface area contributed by atoms with Crippen LogP contribution in [0.3, 0.4) is 0 Å². The highest BCUT2D eigenvalue weighted by molar-refractivity contribution is 8.00. The zero-order chi connectivity index (χ0) is 13.5. The maximum Gasteiger partial charge on any atom is 0.303 e. The van der Waals surface area contributed by atoms with Crippen LogP contribution < -0.4 is 0 Å². The highest BCUT2D eigenvalue weighted by atomic mass is 32.3. The fraction of sp³-hybridized carbons (Fsp3) is 0.200. The molecule has 0 spiro atoms. The van der Waals surface area contributed by atoms with Crippen LogP contribution in [0.15, 0.2) is 29.4 Å². The van der Waals surface area contributed by atoms with Crippen molar-refractivity contribution in [2.45, 2.75) is 5.16 Å². The molecule has 0 atom stereocenters. The Bertz CT molecular complexity index is 840. The maximum atomic E-state index is 12.4. The minimum absolute atomic E-state index is 0.115. The molecule has 0 aliphatic rings. The molecule has 1 aromatic carbocycles. The summed E-state index contributed by atoms with van der Waals surface area (Å²) in [7, 11) is -4.44. The third-order valence-electron chi connectivity index (χ3n) is 2.47. The molecule has 0 saturated carbocycles. The van der Waals surface area contributed by atoms with Crippen LogP contribution in [0.25, 0.3) is 15.2 Å². The SMILES string of the molecule is O=S(=O)(F)CCSc1nnc2sc3ccccc3n12. The molecule has 0 saturated heterocycles. The molecule has 19 heavy (non-hydrogen) atoms. The summed E-state index contributed by atoms with van der Waals surface area (Å²) in [5.74, 6) is -0.404. The molecule has 0 radical (unpaired) electrons. The second-order valence-corrected chi connectivity index (χ2v) is 7.32. The van der Waals surface area contributed by atoms with Crippen LogP contribution in [0.1, 0.15) is 0 Å². The average Bonchev–Trinajstić information content (AvgIpc) is 2.87. The molecule has 0 aliphatic carbocycles. The molecule has 2 heterocycles. The van der Waals surface area contributed by atoms with Crippen molar-refractivity contribution in [1.29, 1.82) is 0 Å². The largest absolute Gasteiger partial charge is 0.303 e. The number of hydrogen-bond donors (Lipinski definition) is 0. The number of nitrogens with zero attached hydrogens (tertiary/aromatic N) is 3. The molecule has 0 unspecified atom stereocenters. The van der Waals surface area contributed by atoms with Crippen LogP contribution in [0.4, 0.5) is 3.89 Å². The van der Waals surface area contributed by atoms with E-state index in [1.165, 1.54) is 23.1 Å². The highest BCUT2D eigenvalue weighted by Crippen LogP contribution is 2.29. The zero-order valence-corrected chi connectivity index (χ0v) is 11.9. The normalized spacial score (nSPS) is 12.5. The van der Waals surface area contributed by atoms with Crippen LogP contribution in [0.2, 0.25) is 0 Å². The van der Waals surface area contributed by atoms with E-state index in [0.717, 1.165) is 15.2 Å². The van der Waals surface area contributed by atoms with Crippen molar-refractivity contribution in [2.24, 2.45) is 0 Å². The van der Waals surface area contributed by atoms with Crippen molar-refractivity contribution >= 4 is 48.5 Å². The van der Waals surface area contributed by atoms with Crippen molar-refractivity contribution in [3.63, 3.8) is 0 Å². The lowest BCUT2D eigenvalue weighted by molar-refractivity contribution is 0.554. The number of thiazole rings is 1. The van der Waals surface area contributed by atoms with E-state index in [1.807, 2.05) is 28.7 Å². The summed E-state index contributed by atoms with van der Waals surface area (Å²) in [5.41, 5.74) is 0.970. The van der Waals surface area contributed by atoms with Gasteiger partial charge in [0, 0.05) is 5.75 Å². The van der Waals surface area contributed by atoms with Gasteiger partial charge < -0.3 is 0 Å². The second-order valence-electron chi connectivity index (χ2n) is 3.76. The number of halogens is 1. The van der Waals surface area contributed by atoms with Crippen LogP contribution in [0, 0.1) is 0 Å². The van der Waals surface area contributed by atoms with Crippen LogP contribution in [-0.4, -0.2) is 34.5 Å². The first-order valence-corrected chi connectivity index (χ1v) is 8.68. The number of benzene rings is 1. The van der Waals surface area contributed by atoms with Crippen molar-refractivity contribution in [3.8, 4) is 0 Å². The Kier molecular flexibility index (Phi) is 3.19. The number of hydrogen-bond acceptors (Lipinski definition) is 6. The van der Waals surface area contributed by atoms with Gasteiger partial charge in [0.2, 0.25) is 4.96 Å². The Balaban J connectivity index is 1.95. The minimum Gasteiger partial charge on any atom is -0.260 e. The summed E-state index contributed by atoms with van der Waals surface area (Å²) in [6, 6.07) is 7.77. The lowest BCUT2D eigenvalue weighted by Crippen LogP contribution is -2.01. The molecule has 0 bridgehead atoms. The van der Waals surface area contributed by atoms with Gasteiger partial charge in [0.15, 0.2) is 5.16 Å². The van der Waals surface area contributed by atoms with Gasteiger partial charge in [-0.1, -0.05) is 35.2 Å². The van der Waals surface area contributed by atoms with E-state index in [9.17, 15) is 12.3 Å². The molecule has 5 nitrogen and oxygen atoms in total. The van der Waals surface area contributed by atoms with Gasteiger partial charge in [-0.25, -0.2) is 0 Å². The summed E-state index contributed by atoms with van der Waals surface area (Å²) in [4.78, 5) is 0.742. The fourth-order valence-corrected chi connectivity index (χ4v) is 4.43. The summed E-state index contributed by atoms with van der Waals surface area (Å²) < 4.78 is 36.3. The average molecular weight is 317 g/mol. The topological polar surface area (TPSA) is 64.3 Å². The Morgan fingerprint density at radius 2 is 2.11 bits per heavy atom. The molecule has 100 valence electrons. The molecular weight excluding hydrogens is 309 g/mol. The first-order valence-electron chi connectivity index (χ1n) is 5.32. The lowest BCUT2D eigenvalue weighted by atomic mass is 10.3. The first-order chi connectivity index (χ1) is 9.04. The van der Waals surface area contributed by atoms with Gasteiger partial charge in [-0.2, -0.15) is 8.42 Å². The Morgan fingerprint density at radius 3 is 2.89 bits per heavy atom. The van der Waals surface area contributed by atoms with Gasteiger partial charge >= 0.3 is 10.2 Å². The van der Waals surface area contributed by atoms with Gasteiger partial charge in [-0.15, -0.1) is 14.1 Å². The van der Waals surface area contributed by atoms with Gasteiger partial charge in [-0.05, 0) is 12.1 Å². The van der Waals surface area contributed by atoms with E-state index >= 15 is 0 Å². The van der Waals surface area contributed by atoms with Gasteiger partial charge in [0.1, 0.15) is 0 Å². The number of fused-ring (bicyclic) bond motifs is 3. The van der Waals surface area contributed by atoms with Crippen LogP contribution in [-0.2, 0) is 10.2 Å². The monoisotopic (exact) mass is 317 g/mol. The molecule has 3 aromatic rings. The summed E-state index contributed by atoms with van der Waals surface area (Å²) in [6.07, 6.45) is 0. The van der Waals surface area contributed by atoms with Crippen LogP contribution >= 0.6 is 23.1 Å². The molecule has 3 rings (SSSR count). The summed E-state index contributed by atoms with van der Waals surface area (Å²) in [6.45, 7) is 0. The molecule has 0 N–H and O–H groups in total. The number of para-hydroxylation sites is 1. The highest BCUT2D eigenvalue weighted by Gasteiger charge is 2.14. The Hall–Kier alpha value is -1.19. The molecule has 0 aliphatic heterocycles. The number of aromatic nitrogens is 3. The molecular formula is C10H8FN3O2S3. The molecule has 2 aromatic heterocycles. The van der Waals surface area contributed by atoms with Gasteiger partial charge in [0.05, 0.1) is 16.0 Å². The van der Waals surface area contributed by atoms with Crippen LogP contribution in [0.5, 0.6) is 0 Å². The smallest absolute Gasteiger partial charge is 0.260 e. The summed E-state index contributed by atoms with van der Waals surface area (Å²) in [5, 5.41) is 8.61. The maximum absolute atomic E-state index is 12.4. The number of rotatable bonds is 4. The Labute approximate surface area is 116 Å². The quantitative estimate of drug-likeness (QED) is 0.546. The van der Waals surface area contributed by atoms with Crippen molar-refractivity contribution < 1.29 is 12.3 Å². The molecule has 0 fully saturated rings. The van der Waals surface area contributed by atoms with E-state index in [1.54, 1.807) is 0 Å². The second kappa shape index (κ2) is 4.73. The standard InChI is InChI=1S/C10H8FN3O2S3/c11-19(15,16)6-5-17-9-12-13-10-14(9)7-3-1-2-4-8(7)18-10/h1-4H,5-6H2. The van der Waals surface area contributed by atoms with Gasteiger partial charge in [-0.3, -0.25) is 4.40 Å². The lowest BCUT2D eigenvalue weighted by Gasteiger charge is -1.97. The van der Waals surface area contributed by atoms with Crippen molar-refractivity contribution in [3.05, 3.63) is 24.3 Å². The van der Waals surface area contributed by atoms with E-state index in [2.05, 4.69) is 10.2 Å². The number of thioether (sulfide) groups is 1. The third-order valence-corrected chi connectivity index (χ3v) is 5.36. The zero-order valence-electron chi connectivity index (χ0n) is 9.48. The Morgan fingerprint density at radius 1 is 1.32 bits per heavy atom. The molecule has 9 heteroatoms. The minimum atomic E-state index is -4.44. The predicted molar refractivity (Wildman–Crippen MR) is 74.0 cm³/mol. The van der Waals surface area contributed by atoms with Crippen molar-refractivity contribution in [2.75, 3.05) is 11.5 Å². The van der Waals surface area contributed by atoms with E-state index in [4.69, 9.17) is 0 Å². The van der Waals surface area contributed by atoms with E-state index in [-0.39, 0.29) is 5.75 Å². The predicted octanol–water partition coefficient (Wildman–Crippen LogP) is 2.34. The van der Waals surface area contributed by atoms with E-state index in [0.29, 0.717) is 5.16 Å². The first kappa shape index (κ1) is 12.8. The van der Waals surface area contributed by atoms with Gasteiger partial charge in [0.25, 0.3) is 0 Å². The third kappa shape index (κ3) is 2.58. The molecule has 0 amide bonds.